The van der Waals surface area contributed by atoms with Gasteiger partial charge in [-0.25, -0.2) is 0 Å². The Bertz CT molecular complexity index is 1320. The van der Waals surface area contributed by atoms with Gasteiger partial charge in [0.1, 0.15) is 5.54 Å². The molecule has 3 aliphatic rings. The molecule has 3 amide bonds. The third kappa shape index (κ3) is 2.82. The van der Waals surface area contributed by atoms with Crippen LogP contribution in [0.4, 0.5) is 5.69 Å². The van der Waals surface area contributed by atoms with Crippen LogP contribution in [-0.2, 0) is 31.1 Å². The van der Waals surface area contributed by atoms with E-state index in [9.17, 15) is 14.4 Å². The highest BCUT2D eigenvalue weighted by molar-refractivity contribution is 6.15. The second kappa shape index (κ2) is 7.78. The number of para-hydroxylation sites is 2. The molecule has 174 valence electrons. The summed E-state index contributed by atoms with van der Waals surface area (Å²) in [6, 6.07) is 15.1. The van der Waals surface area contributed by atoms with Crippen molar-refractivity contribution in [1.29, 1.82) is 0 Å². The normalized spacial score (nSPS) is 27.6. The van der Waals surface area contributed by atoms with Gasteiger partial charge in [-0.2, -0.15) is 0 Å². The number of imide groups is 1. The summed E-state index contributed by atoms with van der Waals surface area (Å²) in [6.45, 7) is 0.746. The van der Waals surface area contributed by atoms with Crippen LogP contribution < -0.4 is 10.6 Å². The van der Waals surface area contributed by atoms with Crippen LogP contribution in [0.2, 0.25) is 0 Å². The Morgan fingerprint density at radius 2 is 1.82 bits per heavy atom. The zero-order valence-corrected chi connectivity index (χ0v) is 18.8. The van der Waals surface area contributed by atoms with Gasteiger partial charge in [-0.1, -0.05) is 36.4 Å². The number of carbonyl (C=O) groups is 3. The average Bonchev–Trinajstić information content (AvgIpc) is 3.55. The van der Waals surface area contributed by atoms with Crippen LogP contribution in [-0.4, -0.2) is 53.9 Å². The van der Waals surface area contributed by atoms with E-state index >= 15 is 0 Å². The first kappa shape index (κ1) is 21.1. The van der Waals surface area contributed by atoms with E-state index in [0.29, 0.717) is 25.1 Å². The van der Waals surface area contributed by atoms with Crippen molar-refractivity contribution in [2.24, 2.45) is 11.8 Å². The van der Waals surface area contributed by atoms with Crippen molar-refractivity contribution in [3.05, 3.63) is 65.9 Å². The van der Waals surface area contributed by atoms with E-state index in [1.165, 1.54) is 4.90 Å². The molecule has 2 aromatic carbocycles. The Morgan fingerprint density at radius 3 is 2.68 bits per heavy atom. The molecule has 2 fully saturated rings. The molecular weight excluding hydrogens is 432 g/mol. The zero-order chi connectivity index (χ0) is 23.4. The number of anilines is 1. The number of H-pyrrole nitrogens is 1. The van der Waals surface area contributed by atoms with Crippen molar-refractivity contribution in [2.45, 2.75) is 24.4 Å². The minimum Gasteiger partial charge on any atom is -0.385 e. The number of hydrogen-bond acceptors (Lipinski definition) is 5. The molecule has 8 nitrogen and oxygen atoms in total. The number of ether oxygens (including phenoxy) is 1. The fourth-order valence-electron chi connectivity index (χ4n) is 6.12. The minimum atomic E-state index is -1.26. The Hall–Kier alpha value is -3.49. The van der Waals surface area contributed by atoms with Gasteiger partial charge in [0, 0.05) is 54.7 Å². The molecular formula is C26H26N4O4. The summed E-state index contributed by atoms with van der Waals surface area (Å²) in [6.07, 6.45) is 3.03. The summed E-state index contributed by atoms with van der Waals surface area (Å²) in [7, 11) is 1.60. The first-order valence-electron chi connectivity index (χ1n) is 11.6. The number of carbonyl (C=O) groups excluding carboxylic acids is 3. The summed E-state index contributed by atoms with van der Waals surface area (Å²) in [5, 5.41) is 7.53. The molecule has 0 radical (unpaired) electrons. The number of hydrogen-bond donors (Lipinski definition) is 3. The highest BCUT2D eigenvalue weighted by Crippen LogP contribution is 2.53. The van der Waals surface area contributed by atoms with Crippen molar-refractivity contribution in [3.8, 4) is 0 Å². The number of amides is 3. The van der Waals surface area contributed by atoms with Crippen molar-refractivity contribution >= 4 is 34.3 Å². The van der Waals surface area contributed by atoms with Gasteiger partial charge in [0.05, 0.1) is 11.8 Å². The molecule has 0 aliphatic carbocycles. The lowest BCUT2D eigenvalue weighted by Crippen LogP contribution is -2.53. The largest absolute Gasteiger partial charge is 0.385 e. The molecule has 4 heterocycles. The number of aromatic amines is 1. The van der Waals surface area contributed by atoms with Gasteiger partial charge >= 0.3 is 0 Å². The fourth-order valence-corrected chi connectivity index (χ4v) is 6.12. The van der Waals surface area contributed by atoms with E-state index in [-0.39, 0.29) is 30.3 Å². The third-order valence-corrected chi connectivity index (χ3v) is 7.56. The van der Waals surface area contributed by atoms with Gasteiger partial charge in [-0.3, -0.25) is 24.6 Å². The molecule has 34 heavy (non-hydrogen) atoms. The number of benzene rings is 2. The molecule has 3 aromatic rings. The Balaban J connectivity index is 1.43. The summed E-state index contributed by atoms with van der Waals surface area (Å²) < 4.78 is 5.13. The standard InChI is InChI=1S/C26H26N4O4/c1-34-12-6-11-30-23(31)21-20(13-15-14-27-18-9-4-2-7-16(15)18)29-26(22(21)24(30)32)17-8-3-5-10-19(17)28-25(26)33/h2-5,7-10,14,20-22,27,29H,6,11-13H2,1H3,(H,28,33)/t20-,21+,22+,26-/m1/s1. The van der Waals surface area contributed by atoms with E-state index in [1.54, 1.807) is 7.11 Å². The van der Waals surface area contributed by atoms with Crippen LogP contribution in [0.25, 0.3) is 10.9 Å². The molecule has 4 atom stereocenters. The maximum absolute atomic E-state index is 13.7. The monoisotopic (exact) mass is 458 g/mol. The first-order valence-corrected chi connectivity index (χ1v) is 11.6. The van der Waals surface area contributed by atoms with E-state index in [2.05, 4.69) is 15.6 Å². The van der Waals surface area contributed by atoms with Crippen molar-refractivity contribution in [3.63, 3.8) is 0 Å². The first-order chi connectivity index (χ1) is 16.6. The Morgan fingerprint density at radius 1 is 1.03 bits per heavy atom. The number of fused-ring (bicyclic) bond motifs is 5. The molecule has 0 saturated carbocycles. The smallest absolute Gasteiger partial charge is 0.250 e. The van der Waals surface area contributed by atoms with E-state index < -0.39 is 17.4 Å². The fraction of sp³-hybridized carbons (Fsp3) is 0.346. The molecule has 6 rings (SSSR count). The summed E-state index contributed by atoms with van der Waals surface area (Å²) in [5.41, 5.74) is 2.22. The second-order valence-electron chi connectivity index (χ2n) is 9.30. The quantitative estimate of drug-likeness (QED) is 0.388. The van der Waals surface area contributed by atoms with Crippen LogP contribution in [0.15, 0.2) is 54.7 Å². The lowest BCUT2D eigenvalue weighted by Gasteiger charge is -2.29. The topological polar surface area (TPSA) is 104 Å². The van der Waals surface area contributed by atoms with Gasteiger partial charge < -0.3 is 15.0 Å². The third-order valence-electron chi connectivity index (χ3n) is 7.56. The lowest BCUT2D eigenvalue weighted by molar-refractivity contribution is -0.143. The van der Waals surface area contributed by atoms with Crippen molar-refractivity contribution < 1.29 is 19.1 Å². The number of likely N-dealkylation sites (tertiary alicyclic amines) is 1. The average molecular weight is 459 g/mol. The molecule has 0 unspecified atom stereocenters. The zero-order valence-electron chi connectivity index (χ0n) is 18.8. The van der Waals surface area contributed by atoms with Crippen molar-refractivity contribution in [2.75, 3.05) is 25.6 Å². The Labute approximate surface area is 196 Å². The van der Waals surface area contributed by atoms with Crippen molar-refractivity contribution in [1.82, 2.24) is 15.2 Å². The van der Waals surface area contributed by atoms with E-state index in [4.69, 9.17) is 4.74 Å². The number of rotatable bonds is 6. The van der Waals surface area contributed by atoms with Crippen LogP contribution >= 0.6 is 0 Å². The summed E-state index contributed by atoms with van der Waals surface area (Å²) >= 11 is 0. The number of nitrogens with zero attached hydrogens (tertiary/aromatic N) is 1. The molecule has 1 aromatic heterocycles. The van der Waals surface area contributed by atoms with Crippen LogP contribution in [0.3, 0.4) is 0 Å². The van der Waals surface area contributed by atoms with Crippen LogP contribution in [0.5, 0.6) is 0 Å². The van der Waals surface area contributed by atoms with Crippen LogP contribution in [0, 0.1) is 11.8 Å². The summed E-state index contributed by atoms with van der Waals surface area (Å²) in [4.78, 5) is 45.5. The predicted molar refractivity (Wildman–Crippen MR) is 126 cm³/mol. The molecule has 1 spiro atoms. The van der Waals surface area contributed by atoms with Gasteiger partial charge in [-0.15, -0.1) is 0 Å². The van der Waals surface area contributed by atoms with Gasteiger partial charge in [0.2, 0.25) is 17.7 Å². The maximum atomic E-state index is 13.7. The molecule has 3 N–H and O–H groups in total. The second-order valence-corrected chi connectivity index (χ2v) is 9.30. The maximum Gasteiger partial charge on any atom is 0.250 e. The summed E-state index contributed by atoms with van der Waals surface area (Å²) in [5.74, 6) is -2.18. The molecule has 8 heteroatoms. The predicted octanol–water partition coefficient (Wildman–Crippen LogP) is 2.17. The van der Waals surface area contributed by atoms with E-state index in [0.717, 1.165) is 22.0 Å². The molecule has 0 bridgehead atoms. The number of aromatic nitrogens is 1. The molecule has 2 saturated heterocycles. The highest BCUT2D eigenvalue weighted by atomic mass is 16.5. The number of methoxy groups -OCH3 is 1. The molecule has 3 aliphatic heterocycles. The Kier molecular flexibility index (Phi) is 4.82. The number of nitrogens with one attached hydrogen (secondary N) is 3. The van der Waals surface area contributed by atoms with Gasteiger partial charge in [-0.05, 0) is 30.5 Å². The SMILES string of the molecule is COCCCN1C(=O)[C@@H]2[C@@H](C1=O)[C@@]1(N[C@@H]2Cc2c[nH]c3ccccc23)C(=O)Nc2ccccc21. The minimum absolute atomic E-state index is 0.211. The van der Waals surface area contributed by atoms with Crippen LogP contribution in [0.1, 0.15) is 17.5 Å². The highest BCUT2D eigenvalue weighted by Gasteiger charge is 2.70. The van der Waals surface area contributed by atoms with E-state index in [1.807, 2.05) is 54.7 Å². The van der Waals surface area contributed by atoms with Gasteiger partial charge in [0.15, 0.2) is 0 Å². The lowest BCUT2D eigenvalue weighted by atomic mass is 9.76. The van der Waals surface area contributed by atoms with Gasteiger partial charge in [0.25, 0.3) is 0 Å².